The minimum absolute atomic E-state index is 0.217. The molecule has 0 aliphatic heterocycles. The van der Waals surface area contributed by atoms with Gasteiger partial charge in [-0.05, 0) is 31.9 Å². The van der Waals surface area contributed by atoms with Crippen molar-refractivity contribution < 1.29 is 8.42 Å². The van der Waals surface area contributed by atoms with E-state index in [9.17, 15) is 8.42 Å². The Hall–Kier alpha value is -0.430. The summed E-state index contributed by atoms with van der Waals surface area (Å²) in [7, 11) is -1.12. The van der Waals surface area contributed by atoms with Crippen molar-refractivity contribution in [2.24, 2.45) is 4.99 Å². The molecule has 0 spiro atoms. The molecule has 0 amide bonds. The summed E-state index contributed by atoms with van der Waals surface area (Å²) < 4.78 is 22.0. The lowest BCUT2D eigenvalue weighted by molar-refractivity contribution is 0.595. The molecule has 2 atom stereocenters. The van der Waals surface area contributed by atoms with Gasteiger partial charge in [-0.25, -0.2) is 8.42 Å². The third-order valence-electron chi connectivity index (χ3n) is 3.27. The van der Waals surface area contributed by atoms with Gasteiger partial charge in [-0.15, -0.1) is 0 Å². The molecule has 0 heterocycles. The Morgan fingerprint density at radius 1 is 1.42 bits per heavy atom. The number of guanidine groups is 1. The van der Waals surface area contributed by atoms with Crippen LogP contribution in [0, 0.1) is 0 Å². The Morgan fingerprint density at radius 2 is 2.16 bits per heavy atom. The molecule has 0 aromatic heterocycles. The van der Waals surface area contributed by atoms with E-state index in [1.165, 1.54) is 25.5 Å². The molecule has 0 aromatic rings. The molecule has 1 fully saturated rings. The van der Waals surface area contributed by atoms with Gasteiger partial charge in [0.15, 0.2) is 5.96 Å². The van der Waals surface area contributed by atoms with Gasteiger partial charge in [0, 0.05) is 31.1 Å². The van der Waals surface area contributed by atoms with E-state index in [0.717, 1.165) is 11.2 Å². The Kier molecular flexibility index (Phi) is 6.99. The molecule has 2 N–H and O–H groups in total. The number of sulfone groups is 1. The van der Waals surface area contributed by atoms with E-state index >= 15 is 0 Å². The molecular formula is C12H25N3O2S2. The van der Waals surface area contributed by atoms with Gasteiger partial charge >= 0.3 is 0 Å². The maximum Gasteiger partial charge on any atom is 0.191 e. The molecule has 1 aliphatic rings. The molecule has 0 radical (unpaired) electrons. The van der Waals surface area contributed by atoms with Crippen LogP contribution in [0.25, 0.3) is 0 Å². The predicted molar refractivity (Wildman–Crippen MR) is 83.8 cm³/mol. The first-order valence-corrected chi connectivity index (χ1v) is 9.97. The number of aliphatic imine (C=N–C) groups is 1. The molecule has 1 rings (SSSR count). The van der Waals surface area contributed by atoms with Crippen molar-refractivity contribution in [3.05, 3.63) is 0 Å². The van der Waals surface area contributed by atoms with E-state index in [2.05, 4.69) is 21.9 Å². The second-order valence-corrected chi connectivity index (χ2v) is 8.39. The van der Waals surface area contributed by atoms with Gasteiger partial charge in [0.05, 0.1) is 5.75 Å². The normalized spacial score (nSPS) is 24.5. The van der Waals surface area contributed by atoms with Crippen molar-refractivity contribution in [1.82, 2.24) is 10.6 Å². The average molecular weight is 307 g/mol. The van der Waals surface area contributed by atoms with Crippen molar-refractivity contribution in [2.75, 3.05) is 31.9 Å². The van der Waals surface area contributed by atoms with Gasteiger partial charge in [-0.1, -0.05) is 0 Å². The first-order valence-electron chi connectivity index (χ1n) is 6.62. The summed E-state index contributed by atoms with van der Waals surface area (Å²) in [6.07, 6.45) is 7.63. The molecule has 1 saturated carbocycles. The molecule has 1 aliphatic carbocycles. The van der Waals surface area contributed by atoms with Gasteiger partial charge < -0.3 is 10.6 Å². The predicted octanol–water partition coefficient (Wildman–Crippen LogP) is 0.870. The van der Waals surface area contributed by atoms with Crippen LogP contribution in [0.2, 0.25) is 0 Å². The standard InChI is InChI=1S/C12H25N3O2S2/c1-13-12(14-7-4-8-19(3,16)17)15-10-5-6-11(9-10)18-2/h10-11H,4-9H2,1-3H3,(H2,13,14,15). The first-order chi connectivity index (χ1) is 8.94. The Labute approximate surface area is 120 Å². The van der Waals surface area contributed by atoms with Gasteiger partial charge in [-0.2, -0.15) is 11.8 Å². The molecule has 19 heavy (non-hydrogen) atoms. The van der Waals surface area contributed by atoms with Crippen LogP contribution >= 0.6 is 11.8 Å². The molecular weight excluding hydrogens is 282 g/mol. The van der Waals surface area contributed by atoms with Crippen molar-refractivity contribution in [2.45, 2.75) is 37.0 Å². The molecule has 2 unspecified atom stereocenters. The third-order valence-corrected chi connectivity index (χ3v) is 5.39. The maximum absolute atomic E-state index is 11.0. The zero-order chi connectivity index (χ0) is 14.3. The monoisotopic (exact) mass is 307 g/mol. The van der Waals surface area contributed by atoms with Gasteiger partial charge in [0.1, 0.15) is 9.84 Å². The smallest absolute Gasteiger partial charge is 0.191 e. The Balaban J connectivity index is 2.24. The van der Waals surface area contributed by atoms with Crippen molar-refractivity contribution in [3.63, 3.8) is 0 Å². The second kappa shape index (κ2) is 7.99. The van der Waals surface area contributed by atoms with Crippen LogP contribution in [0.1, 0.15) is 25.7 Å². The topological polar surface area (TPSA) is 70.6 Å². The number of nitrogens with one attached hydrogen (secondary N) is 2. The fourth-order valence-corrected chi connectivity index (χ4v) is 3.68. The zero-order valence-corrected chi connectivity index (χ0v) is 13.6. The van der Waals surface area contributed by atoms with Crippen LogP contribution < -0.4 is 10.6 Å². The van der Waals surface area contributed by atoms with Crippen LogP contribution in [0.15, 0.2) is 4.99 Å². The highest BCUT2D eigenvalue weighted by molar-refractivity contribution is 7.99. The highest BCUT2D eigenvalue weighted by atomic mass is 32.2. The number of nitrogens with zero attached hydrogens (tertiary/aromatic N) is 1. The summed E-state index contributed by atoms with van der Waals surface area (Å²) in [6, 6.07) is 0.485. The highest BCUT2D eigenvalue weighted by Crippen LogP contribution is 2.27. The lowest BCUT2D eigenvalue weighted by Gasteiger charge is -2.17. The second-order valence-electron chi connectivity index (χ2n) is 4.99. The Morgan fingerprint density at radius 3 is 2.68 bits per heavy atom. The summed E-state index contributed by atoms with van der Waals surface area (Å²) in [6.45, 7) is 0.630. The van der Waals surface area contributed by atoms with E-state index in [1.54, 1.807) is 7.05 Å². The lowest BCUT2D eigenvalue weighted by atomic mass is 10.2. The van der Waals surface area contributed by atoms with E-state index in [-0.39, 0.29) is 5.75 Å². The van der Waals surface area contributed by atoms with Crippen molar-refractivity contribution in [1.29, 1.82) is 0 Å². The molecule has 5 nitrogen and oxygen atoms in total. The number of rotatable bonds is 6. The van der Waals surface area contributed by atoms with E-state index in [0.29, 0.717) is 19.0 Å². The Bertz CT molecular complexity index is 396. The van der Waals surface area contributed by atoms with Crippen molar-refractivity contribution in [3.8, 4) is 0 Å². The van der Waals surface area contributed by atoms with E-state index < -0.39 is 9.84 Å². The number of hydrogen-bond acceptors (Lipinski definition) is 4. The molecule has 7 heteroatoms. The average Bonchev–Trinajstić information content (AvgIpc) is 2.79. The number of thioether (sulfide) groups is 1. The maximum atomic E-state index is 11.0. The quantitative estimate of drug-likeness (QED) is 0.433. The summed E-state index contributed by atoms with van der Waals surface area (Å²) in [5.74, 6) is 0.995. The van der Waals surface area contributed by atoms with E-state index in [1.807, 2.05) is 11.8 Å². The molecule has 0 saturated heterocycles. The van der Waals surface area contributed by atoms with Crippen LogP contribution in [-0.4, -0.2) is 57.5 Å². The van der Waals surface area contributed by atoms with Gasteiger partial charge in [-0.3, -0.25) is 4.99 Å². The van der Waals surface area contributed by atoms with Gasteiger partial charge in [0.25, 0.3) is 0 Å². The highest BCUT2D eigenvalue weighted by Gasteiger charge is 2.24. The minimum Gasteiger partial charge on any atom is -0.356 e. The minimum atomic E-state index is -2.86. The lowest BCUT2D eigenvalue weighted by Crippen LogP contribution is -2.43. The summed E-state index contributed by atoms with van der Waals surface area (Å²) >= 11 is 1.93. The molecule has 0 aromatic carbocycles. The molecule has 112 valence electrons. The van der Waals surface area contributed by atoms with Crippen molar-refractivity contribution >= 4 is 27.6 Å². The third kappa shape index (κ3) is 7.06. The molecule has 0 bridgehead atoms. The van der Waals surface area contributed by atoms with Gasteiger partial charge in [0.2, 0.25) is 0 Å². The summed E-state index contributed by atoms with van der Waals surface area (Å²) in [5.41, 5.74) is 0. The summed E-state index contributed by atoms with van der Waals surface area (Å²) in [4.78, 5) is 4.17. The van der Waals surface area contributed by atoms with Crippen LogP contribution in [0.5, 0.6) is 0 Å². The largest absolute Gasteiger partial charge is 0.356 e. The van der Waals surface area contributed by atoms with E-state index in [4.69, 9.17) is 0 Å². The van der Waals surface area contributed by atoms with Crippen LogP contribution in [0.4, 0.5) is 0 Å². The fraction of sp³-hybridized carbons (Fsp3) is 0.917. The number of hydrogen-bond donors (Lipinski definition) is 2. The van der Waals surface area contributed by atoms with Crippen LogP contribution in [-0.2, 0) is 9.84 Å². The SMILES string of the molecule is CN=C(NCCCS(C)(=O)=O)NC1CCC(SC)C1. The fourth-order valence-electron chi connectivity index (χ4n) is 2.21. The van der Waals surface area contributed by atoms with Crippen LogP contribution in [0.3, 0.4) is 0 Å². The summed E-state index contributed by atoms with van der Waals surface area (Å²) in [5, 5.41) is 7.32. The zero-order valence-electron chi connectivity index (χ0n) is 12.0. The first kappa shape index (κ1) is 16.6.